The molecular formula is C13H13N3O2. The molecule has 5 heteroatoms. The summed E-state index contributed by atoms with van der Waals surface area (Å²) >= 11 is 0. The van der Waals surface area contributed by atoms with Gasteiger partial charge in [-0.05, 0) is 19.1 Å². The Morgan fingerprint density at radius 2 is 2.06 bits per heavy atom. The second-order valence-corrected chi connectivity index (χ2v) is 3.85. The number of hydrogen-bond acceptors (Lipinski definition) is 4. The summed E-state index contributed by atoms with van der Waals surface area (Å²) in [6, 6.07) is 6.77. The molecule has 0 unspecified atom stereocenters. The number of benzene rings is 1. The summed E-state index contributed by atoms with van der Waals surface area (Å²) in [4.78, 5) is 19.3. The van der Waals surface area contributed by atoms with Crippen LogP contribution in [-0.4, -0.2) is 21.0 Å². The van der Waals surface area contributed by atoms with Gasteiger partial charge in [-0.1, -0.05) is 12.1 Å². The van der Waals surface area contributed by atoms with Gasteiger partial charge in [-0.2, -0.15) is 0 Å². The molecule has 0 fully saturated rings. The molecule has 1 heterocycles. The minimum atomic E-state index is -0.951. The van der Waals surface area contributed by atoms with E-state index in [9.17, 15) is 4.79 Å². The molecule has 0 spiro atoms. The van der Waals surface area contributed by atoms with Crippen LogP contribution in [0.4, 0.5) is 5.69 Å². The maximum Gasteiger partial charge on any atom is 0.337 e. The van der Waals surface area contributed by atoms with Gasteiger partial charge in [0.2, 0.25) is 0 Å². The third kappa shape index (κ3) is 2.82. The van der Waals surface area contributed by atoms with E-state index in [2.05, 4.69) is 15.3 Å². The van der Waals surface area contributed by atoms with Gasteiger partial charge in [0.1, 0.15) is 0 Å². The molecule has 5 nitrogen and oxygen atoms in total. The van der Waals surface area contributed by atoms with Crippen LogP contribution in [0.1, 0.15) is 21.7 Å². The molecule has 92 valence electrons. The van der Waals surface area contributed by atoms with Crippen LogP contribution < -0.4 is 5.32 Å². The standard InChI is InChI=1S/C13H13N3O2/c1-9-6-15-10(7-14-9)8-16-12-5-3-2-4-11(12)13(17)18/h2-7,16H,8H2,1H3,(H,17,18). The molecule has 1 aromatic heterocycles. The second-order valence-electron chi connectivity index (χ2n) is 3.85. The SMILES string of the molecule is Cc1cnc(CNc2ccccc2C(=O)O)cn1. The van der Waals surface area contributed by atoms with Crippen LogP contribution in [0.15, 0.2) is 36.7 Å². The van der Waals surface area contributed by atoms with E-state index in [-0.39, 0.29) is 5.56 Å². The normalized spacial score (nSPS) is 10.1. The van der Waals surface area contributed by atoms with Crippen molar-refractivity contribution in [2.75, 3.05) is 5.32 Å². The third-order valence-electron chi connectivity index (χ3n) is 2.45. The number of aromatic carboxylic acids is 1. The molecule has 2 rings (SSSR count). The zero-order chi connectivity index (χ0) is 13.0. The molecule has 0 saturated heterocycles. The number of hydrogen-bond donors (Lipinski definition) is 2. The maximum atomic E-state index is 11.0. The number of nitrogens with zero attached hydrogens (tertiary/aromatic N) is 2. The number of aryl methyl sites for hydroxylation is 1. The number of nitrogens with one attached hydrogen (secondary N) is 1. The van der Waals surface area contributed by atoms with E-state index in [0.29, 0.717) is 12.2 Å². The van der Waals surface area contributed by atoms with Crippen LogP contribution in [0.5, 0.6) is 0 Å². The largest absolute Gasteiger partial charge is 0.478 e. The lowest BCUT2D eigenvalue weighted by molar-refractivity contribution is 0.0698. The van der Waals surface area contributed by atoms with Crippen molar-refractivity contribution in [2.45, 2.75) is 13.5 Å². The van der Waals surface area contributed by atoms with Crippen LogP contribution in [-0.2, 0) is 6.54 Å². The molecule has 0 bridgehead atoms. The van der Waals surface area contributed by atoms with Crippen LogP contribution in [0.2, 0.25) is 0 Å². The van der Waals surface area contributed by atoms with E-state index in [1.807, 2.05) is 6.92 Å². The summed E-state index contributed by atoms with van der Waals surface area (Å²) in [5, 5.41) is 12.1. The van der Waals surface area contributed by atoms with Gasteiger partial charge >= 0.3 is 5.97 Å². The Bertz CT molecular complexity index is 552. The number of aromatic nitrogens is 2. The highest BCUT2D eigenvalue weighted by atomic mass is 16.4. The minimum absolute atomic E-state index is 0.248. The van der Waals surface area contributed by atoms with Crippen molar-refractivity contribution in [3.63, 3.8) is 0 Å². The molecule has 0 saturated carbocycles. The Labute approximate surface area is 105 Å². The van der Waals surface area contributed by atoms with Gasteiger partial charge in [0.05, 0.1) is 29.7 Å². The monoisotopic (exact) mass is 243 g/mol. The van der Waals surface area contributed by atoms with Gasteiger partial charge in [0.25, 0.3) is 0 Å². The molecular weight excluding hydrogens is 230 g/mol. The Kier molecular flexibility index (Phi) is 3.52. The Hall–Kier alpha value is -2.43. The van der Waals surface area contributed by atoms with E-state index in [1.54, 1.807) is 36.7 Å². The van der Waals surface area contributed by atoms with Crippen molar-refractivity contribution in [1.82, 2.24) is 9.97 Å². The number of rotatable bonds is 4. The molecule has 1 aromatic carbocycles. The number of carboxylic acids is 1. The third-order valence-corrected chi connectivity index (χ3v) is 2.45. The zero-order valence-electron chi connectivity index (χ0n) is 9.92. The average molecular weight is 243 g/mol. The smallest absolute Gasteiger partial charge is 0.337 e. The predicted molar refractivity (Wildman–Crippen MR) is 67.5 cm³/mol. The first-order chi connectivity index (χ1) is 8.66. The fraction of sp³-hybridized carbons (Fsp3) is 0.154. The molecule has 0 aliphatic rings. The Morgan fingerprint density at radius 3 is 2.72 bits per heavy atom. The summed E-state index contributed by atoms with van der Waals surface area (Å²) < 4.78 is 0. The fourth-order valence-electron chi connectivity index (χ4n) is 1.52. The highest BCUT2D eigenvalue weighted by molar-refractivity contribution is 5.94. The van der Waals surface area contributed by atoms with E-state index in [0.717, 1.165) is 11.4 Å². The number of anilines is 1. The molecule has 0 aliphatic heterocycles. The van der Waals surface area contributed by atoms with Gasteiger partial charge in [-0.3, -0.25) is 9.97 Å². The minimum Gasteiger partial charge on any atom is -0.478 e. The van der Waals surface area contributed by atoms with Crippen LogP contribution >= 0.6 is 0 Å². The van der Waals surface area contributed by atoms with Gasteiger partial charge in [-0.15, -0.1) is 0 Å². The second kappa shape index (κ2) is 5.27. The Balaban J connectivity index is 2.10. The highest BCUT2D eigenvalue weighted by Gasteiger charge is 2.08. The number of carbonyl (C=O) groups is 1. The van der Waals surface area contributed by atoms with Crippen molar-refractivity contribution in [3.8, 4) is 0 Å². The summed E-state index contributed by atoms with van der Waals surface area (Å²) in [5.74, 6) is -0.951. The van der Waals surface area contributed by atoms with E-state index < -0.39 is 5.97 Å². The van der Waals surface area contributed by atoms with Crippen LogP contribution in [0.25, 0.3) is 0 Å². The molecule has 0 radical (unpaired) electrons. The zero-order valence-corrected chi connectivity index (χ0v) is 9.92. The number of para-hydroxylation sites is 1. The fourth-order valence-corrected chi connectivity index (χ4v) is 1.52. The van der Waals surface area contributed by atoms with Crippen molar-refractivity contribution in [2.24, 2.45) is 0 Å². The first-order valence-electron chi connectivity index (χ1n) is 5.50. The molecule has 0 atom stereocenters. The van der Waals surface area contributed by atoms with Gasteiger partial charge < -0.3 is 10.4 Å². The highest BCUT2D eigenvalue weighted by Crippen LogP contribution is 2.15. The summed E-state index contributed by atoms with van der Waals surface area (Å²) in [6.45, 7) is 2.31. The van der Waals surface area contributed by atoms with Crippen LogP contribution in [0, 0.1) is 6.92 Å². The van der Waals surface area contributed by atoms with Crippen molar-refractivity contribution in [1.29, 1.82) is 0 Å². The van der Waals surface area contributed by atoms with Crippen molar-refractivity contribution >= 4 is 11.7 Å². The summed E-state index contributed by atoms with van der Waals surface area (Å²) in [6.07, 6.45) is 3.35. The van der Waals surface area contributed by atoms with Crippen molar-refractivity contribution < 1.29 is 9.90 Å². The van der Waals surface area contributed by atoms with E-state index >= 15 is 0 Å². The summed E-state index contributed by atoms with van der Waals surface area (Å²) in [5.41, 5.74) is 2.44. The lowest BCUT2D eigenvalue weighted by Crippen LogP contribution is -2.07. The molecule has 0 amide bonds. The van der Waals surface area contributed by atoms with E-state index in [1.165, 1.54) is 0 Å². The van der Waals surface area contributed by atoms with Gasteiger partial charge in [0, 0.05) is 11.9 Å². The Morgan fingerprint density at radius 1 is 1.28 bits per heavy atom. The lowest BCUT2D eigenvalue weighted by atomic mass is 10.2. The lowest BCUT2D eigenvalue weighted by Gasteiger charge is -2.08. The quantitative estimate of drug-likeness (QED) is 0.860. The van der Waals surface area contributed by atoms with Crippen molar-refractivity contribution in [3.05, 3.63) is 53.6 Å². The first-order valence-corrected chi connectivity index (χ1v) is 5.50. The predicted octanol–water partition coefficient (Wildman–Crippen LogP) is 2.10. The molecule has 2 N–H and O–H groups in total. The van der Waals surface area contributed by atoms with Crippen LogP contribution in [0.3, 0.4) is 0 Å². The van der Waals surface area contributed by atoms with Gasteiger partial charge in [0.15, 0.2) is 0 Å². The average Bonchev–Trinajstić information content (AvgIpc) is 2.38. The summed E-state index contributed by atoms with van der Waals surface area (Å²) in [7, 11) is 0. The molecule has 2 aromatic rings. The molecule has 0 aliphatic carbocycles. The van der Waals surface area contributed by atoms with Gasteiger partial charge in [-0.25, -0.2) is 4.79 Å². The van der Waals surface area contributed by atoms with E-state index in [4.69, 9.17) is 5.11 Å². The first kappa shape index (κ1) is 12.0. The maximum absolute atomic E-state index is 11.0. The topological polar surface area (TPSA) is 75.1 Å². The molecule has 18 heavy (non-hydrogen) atoms. The number of carboxylic acid groups (broad SMARTS) is 1.